The van der Waals surface area contributed by atoms with Gasteiger partial charge in [0.2, 0.25) is 0 Å². The second kappa shape index (κ2) is 6.55. The summed E-state index contributed by atoms with van der Waals surface area (Å²) in [6, 6.07) is 6.13. The summed E-state index contributed by atoms with van der Waals surface area (Å²) in [6.07, 6.45) is 0.928. The Labute approximate surface area is 127 Å². The molecule has 2 atom stereocenters. The van der Waals surface area contributed by atoms with E-state index in [-0.39, 0.29) is 11.6 Å². The van der Waals surface area contributed by atoms with Crippen LogP contribution in [0.15, 0.2) is 22.7 Å². The van der Waals surface area contributed by atoms with E-state index in [1.807, 2.05) is 18.2 Å². The Morgan fingerprint density at radius 1 is 1.58 bits per heavy atom. The normalized spacial score (nSPS) is 24.6. The van der Waals surface area contributed by atoms with Crippen LogP contribution in [0.2, 0.25) is 5.02 Å². The molecule has 1 fully saturated rings. The van der Waals surface area contributed by atoms with E-state index in [4.69, 9.17) is 21.1 Å². The van der Waals surface area contributed by atoms with Gasteiger partial charge < -0.3 is 14.8 Å². The lowest BCUT2D eigenvalue weighted by atomic mass is 10.0. The zero-order valence-corrected chi connectivity index (χ0v) is 13.6. The summed E-state index contributed by atoms with van der Waals surface area (Å²) in [5, 5.41) is 4.26. The molecule has 19 heavy (non-hydrogen) atoms. The Morgan fingerprint density at radius 3 is 2.95 bits per heavy atom. The summed E-state index contributed by atoms with van der Waals surface area (Å²) >= 11 is 9.68. The largest absolute Gasteiger partial charge is 0.378 e. The van der Waals surface area contributed by atoms with Crippen LogP contribution in [0, 0.1) is 0 Å². The number of rotatable bonds is 5. The Kier molecular flexibility index (Phi) is 5.26. The Bertz CT molecular complexity index is 435. The van der Waals surface area contributed by atoms with Gasteiger partial charge in [-0.15, -0.1) is 0 Å². The minimum Gasteiger partial charge on any atom is -0.378 e. The van der Waals surface area contributed by atoms with Crippen LogP contribution in [0.4, 0.5) is 0 Å². The van der Waals surface area contributed by atoms with E-state index >= 15 is 0 Å². The zero-order chi connectivity index (χ0) is 13.9. The highest BCUT2D eigenvalue weighted by atomic mass is 79.9. The highest BCUT2D eigenvalue weighted by Gasteiger charge is 2.35. The second-order valence-electron chi connectivity index (χ2n) is 4.96. The van der Waals surface area contributed by atoms with Crippen molar-refractivity contribution < 1.29 is 9.47 Å². The first-order valence-corrected chi connectivity index (χ1v) is 7.55. The molecule has 1 aromatic carbocycles. The minimum absolute atomic E-state index is 0.174. The van der Waals surface area contributed by atoms with Crippen molar-refractivity contribution >= 4 is 27.5 Å². The Morgan fingerprint density at radius 2 is 2.37 bits per heavy atom. The van der Waals surface area contributed by atoms with Crippen molar-refractivity contribution in [2.24, 2.45) is 0 Å². The van der Waals surface area contributed by atoms with Crippen molar-refractivity contribution in [2.75, 3.05) is 26.9 Å². The molecule has 0 saturated carbocycles. The number of hydrogen-bond acceptors (Lipinski definition) is 3. The molecule has 1 aliphatic heterocycles. The molecule has 0 aliphatic carbocycles. The smallest absolute Gasteiger partial charge is 0.106 e. The predicted molar refractivity (Wildman–Crippen MR) is 80.7 cm³/mol. The third-order valence-electron chi connectivity index (χ3n) is 3.66. The number of benzene rings is 1. The third-order valence-corrected chi connectivity index (χ3v) is 4.48. The van der Waals surface area contributed by atoms with Gasteiger partial charge in [-0.2, -0.15) is 0 Å². The van der Waals surface area contributed by atoms with Crippen LogP contribution in [0.3, 0.4) is 0 Å². The molecular weight excluding hydrogens is 330 g/mol. The second-order valence-corrected chi connectivity index (χ2v) is 6.28. The fourth-order valence-corrected chi connectivity index (χ4v) is 3.10. The maximum atomic E-state index is 6.26. The van der Waals surface area contributed by atoms with Crippen LogP contribution in [-0.4, -0.2) is 32.5 Å². The molecule has 106 valence electrons. The van der Waals surface area contributed by atoms with Crippen LogP contribution in [0.1, 0.15) is 24.9 Å². The van der Waals surface area contributed by atoms with E-state index in [9.17, 15) is 0 Å². The lowest BCUT2D eigenvalue weighted by molar-refractivity contribution is -0.0172. The fourth-order valence-electron chi connectivity index (χ4n) is 2.26. The molecule has 2 rings (SSSR count). The first-order valence-electron chi connectivity index (χ1n) is 6.37. The predicted octanol–water partition coefficient (Wildman–Crippen LogP) is 3.56. The molecule has 1 saturated heterocycles. The first-order chi connectivity index (χ1) is 9.06. The van der Waals surface area contributed by atoms with Gasteiger partial charge in [-0.25, -0.2) is 0 Å². The summed E-state index contributed by atoms with van der Waals surface area (Å²) < 4.78 is 12.0. The van der Waals surface area contributed by atoms with Crippen molar-refractivity contribution in [3.05, 3.63) is 33.3 Å². The van der Waals surface area contributed by atoms with Crippen LogP contribution < -0.4 is 5.32 Å². The molecule has 3 nitrogen and oxygen atoms in total. The Balaban J connectivity index is 1.99. The summed E-state index contributed by atoms with van der Waals surface area (Å²) in [5.74, 6) is 0. The van der Waals surface area contributed by atoms with Gasteiger partial charge in [0.05, 0.1) is 6.61 Å². The molecule has 0 radical (unpaired) electrons. The lowest BCUT2D eigenvalue weighted by Crippen LogP contribution is -2.43. The standard InChI is InChI=1S/C14H19BrClNO2/c1-10(12-4-3-11(15)7-13(12)16)17-8-14(18-2)5-6-19-9-14/h3-4,7,10,17H,5-6,8-9H2,1-2H3. The van der Waals surface area contributed by atoms with E-state index in [0.29, 0.717) is 6.61 Å². The van der Waals surface area contributed by atoms with Gasteiger partial charge in [-0.05, 0) is 24.6 Å². The first kappa shape index (κ1) is 15.3. The maximum Gasteiger partial charge on any atom is 0.106 e. The van der Waals surface area contributed by atoms with Crippen molar-refractivity contribution in [3.63, 3.8) is 0 Å². The van der Waals surface area contributed by atoms with E-state index in [1.165, 1.54) is 0 Å². The fraction of sp³-hybridized carbons (Fsp3) is 0.571. The topological polar surface area (TPSA) is 30.5 Å². The van der Waals surface area contributed by atoms with Crippen molar-refractivity contribution in [1.82, 2.24) is 5.32 Å². The van der Waals surface area contributed by atoms with E-state index in [0.717, 1.165) is 34.6 Å². The molecule has 0 amide bonds. The van der Waals surface area contributed by atoms with Crippen molar-refractivity contribution in [3.8, 4) is 0 Å². The van der Waals surface area contributed by atoms with Crippen molar-refractivity contribution in [2.45, 2.75) is 25.0 Å². The number of hydrogen-bond donors (Lipinski definition) is 1. The average molecular weight is 349 g/mol. The molecule has 0 aromatic heterocycles. The molecule has 2 unspecified atom stereocenters. The van der Waals surface area contributed by atoms with Crippen LogP contribution in [0.5, 0.6) is 0 Å². The van der Waals surface area contributed by atoms with E-state index in [1.54, 1.807) is 7.11 Å². The summed E-state index contributed by atoms with van der Waals surface area (Å²) in [5.41, 5.74) is 0.894. The molecular formula is C14H19BrClNO2. The van der Waals surface area contributed by atoms with Gasteiger partial charge in [0.15, 0.2) is 0 Å². The average Bonchev–Trinajstić information content (AvgIpc) is 2.85. The molecule has 5 heteroatoms. The van der Waals surface area contributed by atoms with Gasteiger partial charge in [0.1, 0.15) is 5.60 Å². The van der Waals surface area contributed by atoms with Crippen molar-refractivity contribution in [1.29, 1.82) is 0 Å². The molecule has 0 spiro atoms. The quantitative estimate of drug-likeness (QED) is 0.882. The van der Waals surface area contributed by atoms with Gasteiger partial charge >= 0.3 is 0 Å². The van der Waals surface area contributed by atoms with Gasteiger partial charge in [-0.3, -0.25) is 0 Å². The van der Waals surface area contributed by atoms with E-state index < -0.39 is 0 Å². The highest BCUT2D eigenvalue weighted by Crippen LogP contribution is 2.28. The van der Waals surface area contributed by atoms with Crippen LogP contribution >= 0.6 is 27.5 Å². The van der Waals surface area contributed by atoms with Gasteiger partial charge in [0, 0.05) is 42.2 Å². The van der Waals surface area contributed by atoms with Gasteiger partial charge in [-0.1, -0.05) is 33.6 Å². The molecule has 1 aliphatic rings. The number of ether oxygens (including phenoxy) is 2. The lowest BCUT2D eigenvalue weighted by Gasteiger charge is -2.28. The number of methoxy groups -OCH3 is 1. The Hall–Kier alpha value is -0.130. The monoisotopic (exact) mass is 347 g/mol. The molecule has 1 N–H and O–H groups in total. The zero-order valence-electron chi connectivity index (χ0n) is 11.2. The van der Waals surface area contributed by atoms with E-state index in [2.05, 4.69) is 28.2 Å². The SMILES string of the molecule is COC1(CNC(C)c2ccc(Br)cc2Cl)CCOC1. The maximum absolute atomic E-state index is 6.26. The van der Waals surface area contributed by atoms with Crippen LogP contribution in [-0.2, 0) is 9.47 Å². The minimum atomic E-state index is -0.198. The molecule has 0 bridgehead atoms. The number of nitrogens with one attached hydrogen (secondary N) is 1. The van der Waals surface area contributed by atoms with Crippen LogP contribution in [0.25, 0.3) is 0 Å². The molecule has 1 aromatic rings. The van der Waals surface area contributed by atoms with Gasteiger partial charge in [0.25, 0.3) is 0 Å². The highest BCUT2D eigenvalue weighted by molar-refractivity contribution is 9.10. The molecule has 1 heterocycles. The summed E-state index contributed by atoms with van der Waals surface area (Å²) in [6.45, 7) is 4.28. The summed E-state index contributed by atoms with van der Waals surface area (Å²) in [7, 11) is 1.74. The number of halogens is 2. The third kappa shape index (κ3) is 3.70. The summed E-state index contributed by atoms with van der Waals surface area (Å²) in [4.78, 5) is 0.